The van der Waals surface area contributed by atoms with Crippen molar-refractivity contribution in [2.45, 2.75) is 6.92 Å². The van der Waals surface area contributed by atoms with Crippen molar-refractivity contribution in [2.75, 3.05) is 23.9 Å². The van der Waals surface area contributed by atoms with Crippen molar-refractivity contribution in [1.29, 1.82) is 10.5 Å². The van der Waals surface area contributed by atoms with Crippen molar-refractivity contribution < 1.29 is 19.1 Å². The van der Waals surface area contributed by atoms with Crippen molar-refractivity contribution in [1.82, 2.24) is 9.97 Å². The molecule has 10 heteroatoms. The fourth-order valence-corrected chi connectivity index (χ4v) is 3.36. The van der Waals surface area contributed by atoms with Crippen LogP contribution in [0.2, 0.25) is 0 Å². The molecule has 2 aromatic carbocycles. The fraction of sp³-hybridized carbons (Fsp3) is 0.130. The van der Waals surface area contributed by atoms with Crippen LogP contribution < -0.4 is 10.2 Å². The number of ether oxygens (including phenoxy) is 2. The van der Waals surface area contributed by atoms with Gasteiger partial charge in [0.15, 0.2) is 23.0 Å². The lowest BCUT2D eigenvalue weighted by molar-refractivity contribution is 0.0525. The first-order chi connectivity index (χ1) is 16.0. The van der Waals surface area contributed by atoms with E-state index in [1.807, 2.05) is 12.1 Å². The van der Waals surface area contributed by atoms with Gasteiger partial charge >= 0.3 is 11.9 Å². The second-order valence-electron chi connectivity index (χ2n) is 6.77. The Hall–Kier alpha value is -4.96. The fourth-order valence-electron chi connectivity index (χ4n) is 3.36. The van der Waals surface area contributed by atoms with E-state index in [0.717, 1.165) is 0 Å². The number of esters is 2. The van der Waals surface area contributed by atoms with Crippen molar-refractivity contribution in [3.63, 3.8) is 0 Å². The molecule has 33 heavy (non-hydrogen) atoms. The molecule has 1 N–H and O–H groups in total. The van der Waals surface area contributed by atoms with E-state index in [2.05, 4.69) is 15.3 Å². The number of carbonyl (C=O) groups excluding carboxylic acids is 2. The maximum atomic E-state index is 12.0. The lowest BCUT2D eigenvalue weighted by atomic mass is 10.1. The molecule has 0 unspecified atom stereocenters. The number of hydrogen-bond donors (Lipinski definition) is 1. The molecule has 0 saturated heterocycles. The van der Waals surface area contributed by atoms with Crippen molar-refractivity contribution in [3.8, 4) is 12.1 Å². The van der Waals surface area contributed by atoms with E-state index in [0.29, 0.717) is 28.2 Å². The number of nitrogens with one attached hydrogen (secondary N) is 1. The van der Waals surface area contributed by atoms with Gasteiger partial charge in [-0.3, -0.25) is 4.90 Å². The van der Waals surface area contributed by atoms with Crippen LogP contribution in [0.4, 0.5) is 28.7 Å². The molecule has 1 aromatic heterocycles. The molecule has 3 aromatic rings. The third kappa shape index (κ3) is 3.77. The second kappa shape index (κ2) is 8.65. The van der Waals surface area contributed by atoms with Crippen LogP contribution in [0, 0.1) is 22.7 Å². The van der Waals surface area contributed by atoms with Crippen molar-refractivity contribution >= 4 is 40.6 Å². The molecule has 1 aliphatic rings. The molecule has 0 aliphatic carbocycles. The van der Waals surface area contributed by atoms with E-state index >= 15 is 0 Å². The highest BCUT2D eigenvalue weighted by Crippen LogP contribution is 2.46. The summed E-state index contributed by atoms with van der Waals surface area (Å²) in [6, 6.07) is 15.3. The Labute approximate surface area is 188 Å². The number of aromatic nitrogens is 2. The molecule has 0 radical (unpaired) electrons. The molecule has 0 atom stereocenters. The number of rotatable bonds is 4. The van der Waals surface area contributed by atoms with Gasteiger partial charge in [0.25, 0.3) is 0 Å². The number of anilines is 5. The number of nitriles is 2. The van der Waals surface area contributed by atoms with Gasteiger partial charge in [0.2, 0.25) is 0 Å². The topological polar surface area (TPSA) is 141 Å². The molecule has 0 spiro atoms. The zero-order chi connectivity index (χ0) is 23.5. The standard InChI is InChI=1S/C23H16N6O4/c1-3-33-23(31)13-4-7-15(8-5-13)29-19-9-6-14(22(30)32-2)10-16(19)26-20-21(29)28-18(12-25)17(11-24)27-20/h4-10H,3H2,1-2H3,(H,26,27). The Morgan fingerprint density at radius 1 is 1.00 bits per heavy atom. The van der Waals surface area contributed by atoms with Crippen LogP contribution in [0.5, 0.6) is 0 Å². The van der Waals surface area contributed by atoms with Gasteiger partial charge in [0.05, 0.1) is 36.2 Å². The molecule has 0 amide bonds. The number of fused-ring (bicyclic) bond motifs is 2. The van der Waals surface area contributed by atoms with E-state index < -0.39 is 11.9 Å². The minimum Gasteiger partial charge on any atom is -0.465 e. The molecule has 0 bridgehead atoms. The summed E-state index contributed by atoms with van der Waals surface area (Å²) < 4.78 is 9.83. The van der Waals surface area contributed by atoms with Gasteiger partial charge < -0.3 is 14.8 Å². The summed E-state index contributed by atoms with van der Waals surface area (Å²) in [4.78, 5) is 34.4. The number of hydrogen-bond acceptors (Lipinski definition) is 10. The molecule has 0 saturated carbocycles. The van der Waals surface area contributed by atoms with Crippen LogP contribution in [0.25, 0.3) is 0 Å². The van der Waals surface area contributed by atoms with Crippen molar-refractivity contribution in [2.24, 2.45) is 0 Å². The van der Waals surface area contributed by atoms with Gasteiger partial charge in [-0.15, -0.1) is 0 Å². The highest BCUT2D eigenvalue weighted by molar-refractivity contribution is 5.99. The normalized spacial score (nSPS) is 11.2. The molecule has 2 heterocycles. The van der Waals surface area contributed by atoms with E-state index in [-0.39, 0.29) is 29.6 Å². The van der Waals surface area contributed by atoms with Gasteiger partial charge in [0, 0.05) is 5.69 Å². The first kappa shape index (κ1) is 21.3. The van der Waals surface area contributed by atoms with Crippen LogP contribution in [-0.2, 0) is 9.47 Å². The van der Waals surface area contributed by atoms with Gasteiger partial charge in [-0.25, -0.2) is 19.6 Å². The lowest BCUT2D eigenvalue weighted by Crippen LogP contribution is -2.22. The predicted octanol–water partition coefficient (Wildman–Crippen LogP) is 3.71. The summed E-state index contributed by atoms with van der Waals surface area (Å²) >= 11 is 0. The maximum Gasteiger partial charge on any atom is 0.338 e. The number of methoxy groups -OCH3 is 1. The van der Waals surface area contributed by atoms with E-state index in [9.17, 15) is 20.1 Å². The Kier molecular flexibility index (Phi) is 5.58. The molecule has 1 aliphatic heterocycles. The summed E-state index contributed by atoms with van der Waals surface area (Å²) in [5.41, 5.74) is 2.17. The Morgan fingerprint density at radius 3 is 2.30 bits per heavy atom. The predicted molar refractivity (Wildman–Crippen MR) is 117 cm³/mol. The third-order valence-electron chi connectivity index (χ3n) is 4.85. The molecule has 10 nitrogen and oxygen atoms in total. The average molecular weight is 440 g/mol. The SMILES string of the molecule is CCOC(=O)c1ccc(N2c3ccc(C(=O)OC)cc3Nc3nc(C#N)c(C#N)nc32)cc1. The largest absolute Gasteiger partial charge is 0.465 e. The summed E-state index contributed by atoms with van der Waals surface area (Å²) in [6.07, 6.45) is 0. The van der Waals surface area contributed by atoms with Crippen LogP contribution in [0.3, 0.4) is 0 Å². The first-order valence-electron chi connectivity index (χ1n) is 9.79. The van der Waals surface area contributed by atoms with Crippen molar-refractivity contribution in [3.05, 3.63) is 65.0 Å². The van der Waals surface area contributed by atoms with Crippen LogP contribution >= 0.6 is 0 Å². The van der Waals surface area contributed by atoms with E-state index in [1.165, 1.54) is 7.11 Å². The minimum absolute atomic E-state index is 0.124. The molecule has 0 fully saturated rings. The van der Waals surface area contributed by atoms with Crippen LogP contribution in [0.15, 0.2) is 42.5 Å². The molecule has 162 valence electrons. The quantitative estimate of drug-likeness (QED) is 0.467. The molecule has 4 rings (SSSR count). The Bertz CT molecular complexity index is 1360. The summed E-state index contributed by atoms with van der Waals surface area (Å²) in [7, 11) is 1.29. The summed E-state index contributed by atoms with van der Waals surface area (Å²) in [6.45, 7) is 1.99. The number of benzene rings is 2. The summed E-state index contributed by atoms with van der Waals surface area (Å²) in [5.74, 6) is -0.445. The maximum absolute atomic E-state index is 12.0. The van der Waals surface area contributed by atoms with Gasteiger partial charge in [-0.2, -0.15) is 10.5 Å². The average Bonchev–Trinajstić information content (AvgIpc) is 2.85. The number of carbonyl (C=O) groups is 2. The smallest absolute Gasteiger partial charge is 0.338 e. The monoisotopic (exact) mass is 440 g/mol. The van der Waals surface area contributed by atoms with Crippen LogP contribution in [0.1, 0.15) is 39.0 Å². The lowest BCUT2D eigenvalue weighted by Gasteiger charge is -2.32. The second-order valence-corrected chi connectivity index (χ2v) is 6.77. The minimum atomic E-state index is -0.514. The zero-order valence-corrected chi connectivity index (χ0v) is 17.6. The molecular formula is C23H16N6O4. The number of nitrogens with zero attached hydrogens (tertiary/aromatic N) is 5. The highest BCUT2D eigenvalue weighted by atomic mass is 16.5. The van der Waals surface area contributed by atoms with Crippen LogP contribution in [-0.4, -0.2) is 35.6 Å². The van der Waals surface area contributed by atoms with E-state index in [1.54, 1.807) is 54.3 Å². The highest BCUT2D eigenvalue weighted by Gasteiger charge is 2.29. The zero-order valence-electron chi connectivity index (χ0n) is 17.6. The molecular weight excluding hydrogens is 424 g/mol. The Morgan fingerprint density at radius 2 is 1.67 bits per heavy atom. The Balaban J connectivity index is 1.89. The summed E-state index contributed by atoms with van der Waals surface area (Å²) in [5, 5.41) is 21.9. The van der Waals surface area contributed by atoms with Gasteiger partial charge in [-0.05, 0) is 49.4 Å². The first-order valence-corrected chi connectivity index (χ1v) is 9.79. The van der Waals surface area contributed by atoms with Gasteiger partial charge in [-0.1, -0.05) is 0 Å². The van der Waals surface area contributed by atoms with Gasteiger partial charge in [0.1, 0.15) is 12.1 Å². The van der Waals surface area contributed by atoms with E-state index in [4.69, 9.17) is 9.47 Å². The third-order valence-corrected chi connectivity index (χ3v) is 4.85.